The Morgan fingerprint density at radius 1 is 1.54 bits per heavy atom. The first-order valence-corrected chi connectivity index (χ1v) is 4.59. The molecule has 1 atom stereocenters. The van der Waals surface area contributed by atoms with E-state index in [9.17, 15) is 0 Å². The van der Waals surface area contributed by atoms with E-state index in [-0.39, 0.29) is 6.23 Å². The third kappa shape index (κ3) is 1.24. The van der Waals surface area contributed by atoms with Gasteiger partial charge in [-0.15, -0.1) is 0 Å². The molecule has 1 aliphatic heterocycles. The molecule has 0 saturated carbocycles. The average Bonchev–Trinajstić information content (AvgIpc) is 2.39. The van der Waals surface area contributed by atoms with Gasteiger partial charge >= 0.3 is 0 Å². The van der Waals surface area contributed by atoms with Crippen molar-refractivity contribution in [2.75, 3.05) is 4.90 Å². The quantitative estimate of drug-likeness (QED) is 0.658. The van der Waals surface area contributed by atoms with Crippen LogP contribution in [0.4, 0.5) is 5.69 Å². The van der Waals surface area contributed by atoms with E-state index in [2.05, 4.69) is 30.7 Å². The molecule has 1 aromatic heterocycles. The highest BCUT2D eigenvalue weighted by Crippen LogP contribution is 2.36. The van der Waals surface area contributed by atoms with Crippen LogP contribution in [-0.4, -0.2) is 17.3 Å². The first kappa shape index (κ1) is 8.35. The molecule has 0 saturated heterocycles. The summed E-state index contributed by atoms with van der Waals surface area (Å²) in [4.78, 5) is 6.28. The normalized spacial score (nSPS) is 20.3. The number of pyridine rings is 1. The van der Waals surface area contributed by atoms with E-state index in [1.165, 1.54) is 0 Å². The van der Waals surface area contributed by atoms with E-state index in [0.29, 0.717) is 6.04 Å². The number of anilines is 1. The molecular weight excluding hydrogens is 164 g/mol. The van der Waals surface area contributed by atoms with E-state index in [1.807, 2.05) is 6.07 Å². The van der Waals surface area contributed by atoms with Gasteiger partial charge < -0.3 is 9.64 Å². The van der Waals surface area contributed by atoms with Crippen LogP contribution in [0, 0.1) is 0 Å². The molecule has 0 aromatic carbocycles. The zero-order chi connectivity index (χ0) is 9.42. The van der Waals surface area contributed by atoms with Crippen LogP contribution in [0.15, 0.2) is 18.5 Å². The topological polar surface area (TPSA) is 25.4 Å². The molecule has 1 aromatic rings. The van der Waals surface area contributed by atoms with Gasteiger partial charge in [0, 0.05) is 12.2 Å². The molecule has 1 unspecified atom stereocenters. The molecule has 1 aliphatic rings. The van der Waals surface area contributed by atoms with Gasteiger partial charge in [0.25, 0.3) is 0 Å². The Hall–Kier alpha value is -1.25. The Bertz CT molecular complexity index is 312. The maximum Gasteiger partial charge on any atom is 0.170 e. The van der Waals surface area contributed by atoms with Crippen molar-refractivity contribution >= 4 is 5.69 Å². The Kier molecular flexibility index (Phi) is 1.87. The number of hydrogen-bond donors (Lipinski definition) is 0. The molecule has 0 spiro atoms. The van der Waals surface area contributed by atoms with Gasteiger partial charge in [0.1, 0.15) is 0 Å². The number of ether oxygens (including phenoxy) is 1. The van der Waals surface area contributed by atoms with E-state index in [4.69, 9.17) is 4.74 Å². The smallest absolute Gasteiger partial charge is 0.170 e. The van der Waals surface area contributed by atoms with Crippen LogP contribution in [0.3, 0.4) is 0 Å². The van der Waals surface area contributed by atoms with E-state index in [0.717, 1.165) is 11.4 Å². The summed E-state index contributed by atoms with van der Waals surface area (Å²) < 4.78 is 5.64. The maximum absolute atomic E-state index is 5.64. The third-order valence-electron chi connectivity index (χ3n) is 2.29. The minimum atomic E-state index is 0.124. The lowest BCUT2D eigenvalue weighted by Crippen LogP contribution is -2.37. The summed E-state index contributed by atoms with van der Waals surface area (Å²) in [5.74, 6) is 0.892. The van der Waals surface area contributed by atoms with Gasteiger partial charge in [-0.25, -0.2) is 0 Å². The fourth-order valence-electron chi connectivity index (χ4n) is 1.81. The summed E-state index contributed by atoms with van der Waals surface area (Å²) in [7, 11) is 0. The molecule has 0 bridgehead atoms. The lowest BCUT2D eigenvalue weighted by Gasteiger charge is -2.26. The van der Waals surface area contributed by atoms with Crippen LogP contribution in [-0.2, 0) is 0 Å². The van der Waals surface area contributed by atoms with Gasteiger partial charge in [0.2, 0.25) is 0 Å². The van der Waals surface area contributed by atoms with Crippen LogP contribution in [0.5, 0.6) is 5.75 Å². The lowest BCUT2D eigenvalue weighted by atomic mass is 10.2. The van der Waals surface area contributed by atoms with Crippen molar-refractivity contribution in [2.45, 2.75) is 33.0 Å². The van der Waals surface area contributed by atoms with Gasteiger partial charge in [0.15, 0.2) is 12.0 Å². The number of rotatable bonds is 1. The predicted molar refractivity (Wildman–Crippen MR) is 51.9 cm³/mol. The zero-order valence-corrected chi connectivity index (χ0v) is 8.19. The fourth-order valence-corrected chi connectivity index (χ4v) is 1.81. The molecule has 0 amide bonds. The number of aromatic nitrogens is 1. The molecule has 0 fully saturated rings. The zero-order valence-electron chi connectivity index (χ0n) is 8.19. The molecule has 0 radical (unpaired) electrons. The summed E-state index contributed by atoms with van der Waals surface area (Å²) >= 11 is 0. The second-order valence-electron chi connectivity index (χ2n) is 3.56. The summed E-state index contributed by atoms with van der Waals surface area (Å²) in [5.41, 5.74) is 1.15. The third-order valence-corrected chi connectivity index (χ3v) is 2.29. The van der Waals surface area contributed by atoms with Crippen molar-refractivity contribution in [3.05, 3.63) is 18.5 Å². The lowest BCUT2D eigenvalue weighted by molar-refractivity contribution is 0.237. The highest BCUT2D eigenvalue weighted by atomic mass is 16.5. The molecule has 70 valence electrons. The van der Waals surface area contributed by atoms with Crippen LogP contribution >= 0.6 is 0 Å². The first-order chi connectivity index (χ1) is 6.20. The fraction of sp³-hybridized carbons (Fsp3) is 0.500. The minimum Gasteiger partial charge on any atom is -0.467 e. The van der Waals surface area contributed by atoms with Gasteiger partial charge in [0.05, 0.1) is 11.9 Å². The van der Waals surface area contributed by atoms with Crippen LogP contribution in [0.1, 0.15) is 20.8 Å². The number of fused-ring (bicyclic) bond motifs is 1. The van der Waals surface area contributed by atoms with Crippen molar-refractivity contribution in [3.8, 4) is 5.75 Å². The van der Waals surface area contributed by atoms with Gasteiger partial charge in [-0.05, 0) is 26.8 Å². The second kappa shape index (κ2) is 2.91. The summed E-state index contributed by atoms with van der Waals surface area (Å²) in [6.07, 6.45) is 3.70. The average molecular weight is 178 g/mol. The summed E-state index contributed by atoms with van der Waals surface area (Å²) in [6, 6.07) is 2.46. The molecule has 0 N–H and O–H groups in total. The predicted octanol–water partition coefficient (Wildman–Crippen LogP) is 2.03. The number of nitrogens with zero attached hydrogens (tertiary/aromatic N) is 2. The van der Waals surface area contributed by atoms with Crippen molar-refractivity contribution in [1.29, 1.82) is 0 Å². The highest BCUT2D eigenvalue weighted by molar-refractivity contribution is 5.61. The number of hydrogen-bond acceptors (Lipinski definition) is 3. The Balaban J connectivity index is 2.40. The Morgan fingerprint density at radius 3 is 3.00 bits per heavy atom. The maximum atomic E-state index is 5.64. The Morgan fingerprint density at radius 2 is 2.31 bits per heavy atom. The molecule has 13 heavy (non-hydrogen) atoms. The molecule has 2 heterocycles. The molecular formula is C10H14N2O. The Labute approximate surface area is 78.3 Å². The van der Waals surface area contributed by atoms with E-state index < -0.39 is 0 Å². The van der Waals surface area contributed by atoms with E-state index in [1.54, 1.807) is 12.4 Å². The summed E-state index contributed by atoms with van der Waals surface area (Å²) in [6.45, 7) is 6.38. The van der Waals surface area contributed by atoms with Crippen LogP contribution in [0.2, 0.25) is 0 Å². The van der Waals surface area contributed by atoms with Gasteiger partial charge in [-0.3, -0.25) is 4.98 Å². The monoisotopic (exact) mass is 178 g/mol. The SMILES string of the molecule is CC(C)N1c2ccncc2OC1C. The van der Waals surface area contributed by atoms with Gasteiger partial charge in [-0.2, -0.15) is 0 Å². The van der Waals surface area contributed by atoms with Crippen LogP contribution < -0.4 is 9.64 Å². The largest absolute Gasteiger partial charge is 0.467 e. The molecule has 0 aliphatic carbocycles. The second-order valence-corrected chi connectivity index (χ2v) is 3.56. The molecule has 3 nitrogen and oxygen atoms in total. The summed E-state index contributed by atoms with van der Waals surface area (Å²) in [5, 5.41) is 0. The van der Waals surface area contributed by atoms with Crippen molar-refractivity contribution in [2.24, 2.45) is 0 Å². The van der Waals surface area contributed by atoms with Crippen LogP contribution in [0.25, 0.3) is 0 Å². The first-order valence-electron chi connectivity index (χ1n) is 4.59. The minimum absolute atomic E-state index is 0.124. The van der Waals surface area contributed by atoms with Crippen molar-refractivity contribution in [3.63, 3.8) is 0 Å². The standard InChI is InChI=1S/C10H14N2O/c1-7(2)12-8(3)13-10-6-11-5-4-9(10)12/h4-8H,1-3H3. The molecule has 3 heteroatoms. The van der Waals surface area contributed by atoms with Crippen molar-refractivity contribution < 1.29 is 4.74 Å². The van der Waals surface area contributed by atoms with E-state index >= 15 is 0 Å². The van der Waals surface area contributed by atoms with Gasteiger partial charge in [-0.1, -0.05) is 0 Å². The highest BCUT2D eigenvalue weighted by Gasteiger charge is 2.28. The molecule has 2 rings (SSSR count). The van der Waals surface area contributed by atoms with Crippen molar-refractivity contribution in [1.82, 2.24) is 4.98 Å².